The summed E-state index contributed by atoms with van der Waals surface area (Å²) in [5.74, 6) is 0.116. The van der Waals surface area contributed by atoms with Gasteiger partial charge in [-0.1, -0.05) is 44.2 Å². The second kappa shape index (κ2) is 7.16. The minimum Gasteiger partial charge on any atom is -0.298 e. The Morgan fingerprint density at radius 1 is 1.18 bits per heavy atom. The van der Waals surface area contributed by atoms with Crippen LogP contribution >= 0.6 is 11.3 Å². The maximum atomic E-state index is 13.1. The van der Waals surface area contributed by atoms with Crippen LogP contribution in [0.4, 0.5) is 5.13 Å². The van der Waals surface area contributed by atoms with Crippen molar-refractivity contribution in [2.75, 3.05) is 5.32 Å². The molecule has 0 aliphatic heterocycles. The van der Waals surface area contributed by atoms with E-state index in [-0.39, 0.29) is 5.91 Å². The summed E-state index contributed by atoms with van der Waals surface area (Å²) in [5.41, 5.74) is 4.68. The van der Waals surface area contributed by atoms with Crippen LogP contribution in [0.3, 0.4) is 0 Å². The molecule has 0 saturated carbocycles. The number of thiazole rings is 1. The Bertz CT molecular complexity index is 1160. The van der Waals surface area contributed by atoms with Gasteiger partial charge >= 0.3 is 0 Å². The number of aryl methyl sites for hydroxylation is 2. The van der Waals surface area contributed by atoms with Crippen LogP contribution in [0.2, 0.25) is 0 Å². The summed E-state index contributed by atoms with van der Waals surface area (Å²) in [6.45, 7) is 6.06. The molecule has 0 saturated heterocycles. The topological polar surface area (TPSA) is 72.7 Å². The zero-order chi connectivity index (χ0) is 19.8. The summed E-state index contributed by atoms with van der Waals surface area (Å²) in [4.78, 5) is 22.4. The van der Waals surface area contributed by atoms with Gasteiger partial charge in [-0.2, -0.15) is 5.10 Å². The van der Waals surface area contributed by atoms with Gasteiger partial charge in [-0.3, -0.25) is 14.8 Å². The molecule has 4 rings (SSSR count). The molecule has 4 aromatic rings. The molecule has 7 heteroatoms. The zero-order valence-electron chi connectivity index (χ0n) is 16.2. The van der Waals surface area contributed by atoms with Crippen molar-refractivity contribution < 1.29 is 4.79 Å². The van der Waals surface area contributed by atoms with Crippen molar-refractivity contribution in [1.29, 1.82) is 0 Å². The minimum atomic E-state index is -0.203. The number of hydrogen-bond donors (Lipinski definition) is 1. The molecule has 0 aliphatic carbocycles. The van der Waals surface area contributed by atoms with Gasteiger partial charge in [-0.25, -0.2) is 9.97 Å². The number of nitrogens with one attached hydrogen (secondary N) is 1. The highest BCUT2D eigenvalue weighted by Crippen LogP contribution is 2.28. The highest BCUT2D eigenvalue weighted by molar-refractivity contribution is 7.14. The number of benzene rings is 1. The monoisotopic (exact) mass is 391 g/mol. The molecule has 0 radical (unpaired) electrons. The van der Waals surface area contributed by atoms with Gasteiger partial charge in [0.15, 0.2) is 10.8 Å². The Labute approximate surface area is 167 Å². The molecule has 0 atom stereocenters. The first-order valence-electron chi connectivity index (χ1n) is 9.10. The van der Waals surface area contributed by atoms with E-state index in [0.717, 1.165) is 28.0 Å². The number of hydrogen-bond acceptors (Lipinski definition) is 5. The molecule has 1 N–H and O–H groups in total. The van der Waals surface area contributed by atoms with Crippen molar-refractivity contribution in [3.8, 4) is 11.3 Å². The average Bonchev–Trinajstić information content (AvgIpc) is 3.26. The molecule has 0 aliphatic rings. The smallest absolute Gasteiger partial charge is 0.258 e. The van der Waals surface area contributed by atoms with E-state index in [2.05, 4.69) is 29.2 Å². The van der Waals surface area contributed by atoms with Crippen LogP contribution in [0.15, 0.2) is 41.8 Å². The van der Waals surface area contributed by atoms with Gasteiger partial charge in [0.2, 0.25) is 0 Å². The van der Waals surface area contributed by atoms with Gasteiger partial charge in [-0.05, 0) is 18.9 Å². The van der Waals surface area contributed by atoms with Crippen LogP contribution in [0.1, 0.15) is 41.5 Å². The van der Waals surface area contributed by atoms with E-state index in [9.17, 15) is 4.79 Å². The summed E-state index contributed by atoms with van der Waals surface area (Å²) in [7, 11) is 1.84. The van der Waals surface area contributed by atoms with Crippen LogP contribution in [-0.2, 0) is 7.05 Å². The first-order valence-corrected chi connectivity index (χ1v) is 9.98. The number of carbonyl (C=O) groups is 1. The van der Waals surface area contributed by atoms with Crippen molar-refractivity contribution in [3.05, 3.63) is 58.7 Å². The predicted octanol–water partition coefficient (Wildman–Crippen LogP) is 4.78. The lowest BCUT2D eigenvalue weighted by molar-refractivity contribution is 0.102. The fourth-order valence-electron chi connectivity index (χ4n) is 3.15. The quantitative estimate of drug-likeness (QED) is 0.543. The number of amides is 1. The third-order valence-corrected chi connectivity index (χ3v) is 5.39. The van der Waals surface area contributed by atoms with Gasteiger partial charge in [0.05, 0.1) is 28.0 Å². The normalized spacial score (nSPS) is 11.3. The van der Waals surface area contributed by atoms with Gasteiger partial charge in [0.1, 0.15) is 0 Å². The lowest BCUT2D eigenvalue weighted by atomic mass is 10.1. The van der Waals surface area contributed by atoms with Crippen molar-refractivity contribution in [3.63, 3.8) is 0 Å². The highest BCUT2D eigenvalue weighted by Gasteiger charge is 2.20. The minimum absolute atomic E-state index is 0.203. The summed E-state index contributed by atoms with van der Waals surface area (Å²) in [6.07, 6.45) is 0. The number of nitrogens with zero attached hydrogens (tertiary/aromatic N) is 4. The molecule has 6 nitrogen and oxygen atoms in total. The Morgan fingerprint density at radius 2 is 1.93 bits per heavy atom. The van der Waals surface area contributed by atoms with Gasteiger partial charge in [0, 0.05) is 18.0 Å². The molecule has 0 fully saturated rings. The van der Waals surface area contributed by atoms with E-state index >= 15 is 0 Å². The molecule has 1 amide bonds. The van der Waals surface area contributed by atoms with Crippen LogP contribution in [0.5, 0.6) is 0 Å². The number of carbonyl (C=O) groups excluding carboxylic acids is 1. The molecule has 3 heterocycles. The third-order valence-electron chi connectivity index (χ3n) is 4.62. The van der Waals surface area contributed by atoms with E-state index < -0.39 is 0 Å². The fraction of sp³-hybridized carbons (Fsp3) is 0.238. The maximum absolute atomic E-state index is 13.1. The summed E-state index contributed by atoms with van der Waals surface area (Å²) in [6, 6.07) is 11.7. The fourth-order valence-corrected chi connectivity index (χ4v) is 4.02. The molecular weight excluding hydrogens is 370 g/mol. The summed E-state index contributed by atoms with van der Waals surface area (Å²) < 4.78 is 1.72. The Hall–Kier alpha value is -3.06. The molecular formula is C21H21N5OS. The van der Waals surface area contributed by atoms with E-state index in [1.54, 1.807) is 4.68 Å². The molecule has 0 bridgehead atoms. The van der Waals surface area contributed by atoms with Crippen molar-refractivity contribution in [2.24, 2.45) is 7.05 Å². The molecule has 28 heavy (non-hydrogen) atoms. The van der Waals surface area contributed by atoms with Crippen LogP contribution < -0.4 is 5.32 Å². The predicted molar refractivity (Wildman–Crippen MR) is 113 cm³/mol. The lowest BCUT2D eigenvalue weighted by Crippen LogP contribution is -2.13. The highest BCUT2D eigenvalue weighted by atomic mass is 32.1. The van der Waals surface area contributed by atoms with E-state index in [0.29, 0.717) is 22.3 Å². The molecule has 3 aromatic heterocycles. The van der Waals surface area contributed by atoms with Gasteiger partial charge in [0.25, 0.3) is 5.91 Å². The molecule has 142 valence electrons. The second-order valence-electron chi connectivity index (χ2n) is 7.02. The number of rotatable bonds is 4. The number of anilines is 1. The molecule has 1 aromatic carbocycles. The number of aromatic nitrogens is 4. The van der Waals surface area contributed by atoms with Crippen LogP contribution in [0, 0.1) is 6.92 Å². The largest absolute Gasteiger partial charge is 0.298 e. The molecule has 0 spiro atoms. The van der Waals surface area contributed by atoms with Crippen molar-refractivity contribution in [2.45, 2.75) is 26.7 Å². The van der Waals surface area contributed by atoms with E-state index in [1.165, 1.54) is 11.3 Å². The lowest BCUT2D eigenvalue weighted by Gasteiger charge is -2.08. The maximum Gasteiger partial charge on any atom is 0.258 e. The Morgan fingerprint density at radius 3 is 2.61 bits per heavy atom. The Kier molecular flexibility index (Phi) is 4.68. The first kappa shape index (κ1) is 18.3. The first-order chi connectivity index (χ1) is 13.4. The van der Waals surface area contributed by atoms with Crippen molar-refractivity contribution in [1.82, 2.24) is 19.7 Å². The van der Waals surface area contributed by atoms with Crippen LogP contribution in [0.25, 0.3) is 22.3 Å². The number of fused-ring (bicyclic) bond motifs is 1. The van der Waals surface area contributed by atoms with Gasteiger partial charge in [-0.15, -0.1) is 11.3 Å². The van der Waals surface area contributed by atoms with E-state index in [1.807, 2.05) is 55.7 Å². The average molecular weight is 392 g/mol. The van der Waals surface area contributed by atoms with Gasteiger partial charge < -0.3 is 0 Å². The number of pyridine rings is 1. The SMILES string of the molecule is Cc1nn(C)c2nc(-c3ccccc3)cc(C(=O)Nc3nc(C(C)C)cs3)c12. The molecule has 0 unspecified atom stereocenters. The second-order valence-corrected chi connectivity index (χ2v) is 7.87. The Balaban J connectivity index is 1.81. The zero-order valence-corrected chi connectivity index (χ0v) is 17.0. The van der Waals surface area contributed by atoms with E-state index in [4.69, 9.17) is 4.98 Å². The summed E-state index contributed by atoms with van der Waals surface area (Å²) in [5, 5.41) is 10.8. The summed E-state index contributed by atoms with van der Waals surface area (Å²) >= 11 is 1.44. The van der Waals surface area contributed by atoms with Crippen molar-refractivity contribution >= 4 is 33.4 Å². The third kappa shape index (κ3) is 3.29. The van der Waals surface area contributed by atoms with Crippen LogP contribution in [-0.4, -0.2) is 25.7 Å². The standard InChI is InChI=1S/C21H21N5OS/c1-12(2)17-11-28-21(23-17)24-20(27)15-10-16(14-8-6-5-7-9-14)22-19-18(15)13(3)25-26(19)4/h5-12H,1-4H3,(H,23,24,27).